The second-order valence-electron chi connectivity index (χ2n) is 7.19. The van der Waals surface area contributed by atoms with Crippen molar-refractivity contribution < 1.29 is 4.79 Å². The van der Waals surface area contributed by atoms with Crippen LogP contribution in [0.5, 0.6) is 0 Å². The molecule has 1 saturated carbocycles. The number of hydrogen-bond donors (Lipinski definition) is 1. The number of nitroso groups, excluding NO2 is 1. The van der Waals surface area contributed by atoms with E-state index >= 15 is 0 Å². The molecule has 0 unspecified atom stereocenters. The lowest BCUT2D eigenvalue weighted by molar-refractivity contribution is -0.117. The zero-order chi connectivity index (χ0) is 19.1. The molecule has 138 valence electrons. The van der Waals surface area contributed by atoms with Crippen LogP contribution in [0, 0.1) is 22.2 Å². The average molecular weight is 361 g/mol. The first-order valence-corrected chi connectivity index (χ1v) is 9.36. The number of nitrogens with zero attached hydrogens (tertiary/aromatic N) is 2. The van der Waals surface area contributed by atoms with Gasteiger partial charge < -0.3 is 5.32 Å². The first kappa shape index (κ1) is 18.8. The van der Waals surface area contributed by atoms with Gasteiger partial charge in [-0.2, -0.15) is 10.2 Å². The number of rotatable bonds is 6. The van der Waals surface area contributed by atoms with Gasteiger partial charge in [-0.25, -0.2) is 0 Å². The van der Waals surface area contributed by atoms with E-state index in [4.69, 9.17) is 5.26 Å². The maximum atomic E-state index is 12.3. The van der Waals surface area contributed by atoms with E-state index in [1.54, 1.807) is 24.3 Å². The molecule has 1 aliphatic carbocycles. The largest absolute Gasteiger partial charge is 0.326 e. The molecule has 0 heterocycles. The van der Waals surface area contributed by atoms with Crippen molar-refractivity contribution in [1.82, 2.24) is 0 Å². The number of hydrogen-bond acceptors (Lipinski definition) is 4. The van der Waals surface area contributed by atoms with Crippen LogP contribution in [0.15, 0.2) is 53.7 Å². The maximum absolute atomic E-state index is 12.3. The Kier molecular flexibility index (Phi) is 6.32. The van der Waals surface area contributed by atoms with Gasteiger partial charge in [-0.05, 0) is 72.9 Å². The Hall–Kier alpha value is -3.00. The molecule has 5 heteroatoms. The summed E-state index contributed by atoms with van der Waals surface area (Å²) >= 11 is 0. The van der Waals surface area contributed by atoms with Crippen molar-refractivity contribution in [3.63, 3.8) is 0 Å². The van der Waals surface area contributed by atoms with Crippen LogP contribution in [-0.2, 0) is 11.3 Å². The summed E-state index contributed by atoms with van der Waals surface area (Å²) in [6, 6.07) is 17.1. The van der Waals surface area contributed by atoms with Gasteiger partial charge in [-0.3, -0.25) is 4.79 Å². The van der Waals surface area contributed by atoms with Gasteiger partial charge in [0.1, 0.15) is 6.54 Å². The van der Waals surface area contributed by atoms with Crippen molar-refractivity contribution in [3.8, 4) is 6.07 Å². The van der Waals surface area contributed by atoms with Crippen LogP contribution in [-0.4, -0.2) is 5.91 Å². The molecule has 27 heavy (non-hydrogen) atoms. The molecule has 2 aromatic carbocycles. The zero-order valence-corrected chi connectivity index (χ0v) is 15.2. The van der Waals surface area contributed by atoms with Gasteiger partial charge in [0, 0.05) is 12.1 Å². The Morgan fingerprint density at radius 3 is 2.52 bits per heavy atom. The third kappa shape index (κ3) is 5.24. The van der Waals surface area contributed by atoms with E-state index in [9.17, 15) is 9.70 Å². The summed E-state index contributed by atoms with van der Waals surface area (Å²) in [4.78, 5) is 22.8. The average Bonchev–Trinajstić information content (AvgIpc) is 2.69. The smallest absolute Gasteiger partial charge is 0.224 e. The molecule has 1 N–H and O–H groups in total. The summed E-state index contributed by atoms with van der Waals surface area (Å²) < 4.78 is 0. The monoisotopic (exact) mass is 361 g/mol. The molecular weight excluding hydrogens is 338 g/mol. The van der Waals surface area contributed by atoms with Crippen LogP contribution in [0.1, 0.15) is 54.7 Å². The minimum atomic E-state index is 0.0298. The Bertz CT molecular complexity index is 831. The van der Waals surface area contributed by atoms with Crippen molar-refractivity contribution in [2.75, 3.05) is 5.32 Å². The number of nitriles is 1. The minimum absolute atomic E-state index is 0.0298. The Morgan fingerprint density at radius 1 is 1.11 bits per heavy atom. The van der Waals surface area contributed by atoms with Crippen LogP contribution in [0.25, 0.3) is 0 Å². The van der Waals surface area contributed by atoms with Crippen molar-refractivity contribution in [2.45, 2.75) is 44.6 Å². The first-order chi connectivity index (χ1) is 13.2. The number of benzene rings is 2. The molecule has 1 aliphatic rings. The highest BCUT2D eigenvalue weighted by atomic mass is 16.3. The Morgan fingerprint density at radius 2 is 1.85 bits per heavy atom. The molecule has 0 aliphatic heterocycles. The Balaban J connectivity index is 1.48. The van der Waals surface area contributed by atoms with Gasteiger partial charge in [0.2, 0.25) is 5.91 Å². The van der Waals surface area contributed by atoms with E-state index < -0.39 is 0 Å². The standard InChI is InChI=1S/C22H23N3O2/c23-14-17-6-10-21(11-7-17)25-22(26)13-16-4-8-19(9-5-16)20-3-1-2-18(12-20)15-24-27/h1-3,6-7,10-12,16,19H,4-5,8-9,13,15H2,(H,25,26)/t16-,19-. The molecule has 1 amide bonds. The molecule has 3 rings (SSSR count). The lowest BCUT2D eigenvalue weighted by Gasteiger charge is -2.28. The highest BCUT2D eigenvalue weighted by molar-refractivity contribution is 5.90. The lowest BCUT2D eigenvalue weighted by atomic mass is 9.77. The highest BCUT2D eigenvalue weighted by Crippen LogP contribution is 2.37. The van der Waals surface area contributed by atoms with Gasteiger partial charge in [0.25, 0.3) is 0 Å². The Labute approximate surface area is 159 Å². The third-order valence-corrected chi connectivity index (χ3v) is 5.29. The van der Waals surface area contributed by atoms with E-state index in [0.717, 1.165) is 36.9 Å². The second kappa shape index (κ2) is 9.09. The van der Waals surface area contributed by atoms with Gasteiger partial charge in [0.15, 0.2) is 0 Å². The van der Waals surface area contributed by atoms with Gasteiger partial charge in [0.05, 0.1) is 11.6 Å². The van der Waals surface area contributed by atoms with E-state index in [1.807, 2.05) is 12.1 Å². The molecule has 0 bridgehead atoms. The van der Waals surface area contributed by atoms with E-state index in [1.165, 1.54) is 5.56 Å². The lowest BCUT2D eigenvalue weighted by Crippen LogP contribution is -2.20. The zero-order valence-electron chi connectivity index (χ0n) is 15.2. The van der Waals surface area contributed by atoms with Gasteiger partial charge in [-0.15, -0.1) is 0 Å². The molecule has 0 aromatic heterocycles. The number of amides is 1. The topological polar surface area (TPSA) is 82.3 Å². The van der Waals surface area contributed by atoms with Crippen molar-refractivity contribution in [1.29, 1.82) is 5.26 Å². The van der Waals surface area contributed by atoms with Crippen LogP contribution in [0.3, 0.4) is 0 Å². The summed E-state index contributed by atoms with van der Waals surface area (Å²) in [6.45, 7) is 0.221. The highest BCUT2D eigenvalue weighted by Gasteiger charge is 2.24. The quantitative estimate of drug-likeness (QED) is 0.724. The third-order valence-electron chi connectivity index (χ3n) is 5.29. The van der Waals surface area contributed by atoms with E-state index in [-0.39, 0.29) is 12.5 Å². The summed E-state index contributed by atoms with van der Waals surface area (Å²) in [5, 5.41) is 14.7. The van der Waals surface area contributed by atoms with E-state index in [2.05, 4.69) is 28.7 Å². The predicted octanol–water partition coefficient (Wildman–Crippen LogP) is 5.13. The minimum Gasteiger partial charge on any atom is -0.326 e. The SMILES string of the molecule is N#Cc1ccc(NC(=O)C[C@H]2CC[C@H](c3cccc(CN=O)c3)CC2)cc1. The summed E-state index contributed by atoms with van der Waals surface area (Å²) in [6.07, 6.45) is 4.71. The molecule has 0 radical (unpaired) electrons. The molecule has 0 atom stereocenters. The first-order valence-electron chi connectivity index (χ1n) is 9.36. The summed E-state index contributed by atoms with van der Waals surface area (Å²) in [7, 11) is 0. The predicted molar refractivity (Wildman–Crippen MR) is 105 cm³/mol. The normalized spacial score (nSPS) is 19.1. The van der Waals surface area contributed by atoms with Crippen LogP contribution < -0.4 is 5.32 Å². The number of carbonyl (C=O) groups excluding carboxylic acids is 1. The van der Waals surface area contributed by atoms with Crippen LogP contribution in [0.4, 0.5) is 5.69 Å². The fraction of sp³-hybridized carbons (Fsp3) is 0.364. The fourth-order valence-corrected chi connectivity index (χ4v) is 3.82. The van der Waals surface area contributed by atoms with Gasteiger partial charge in [-0.1, -0.05) is 29.4 Å². The van der Waals surface area contributed by atoms with Crippen molar-refractivity contribution in [3.05, 3.63) is 70.1 Å². The van der Waals surface area contributed by atoms with Gasteiger partial charge >= 0.3 is 0 Å². The number of nitrogens with one attached hydrogen (secondary N) is 1. The van der Waals surface area contributed by atoms with Crippen molar-refractivity contribution in [2.24, 2.45) is 11.1 Å². The van der Waals surface area contributed by atoms with Crippen LogP contribution >= 0.6 is 0 Å². The molecule has 5 nitrogen and oxygen atoms in total. The summed E-state index contributed by atoms with van der Waals surface area (Å²) in [5.74, 6) is 0.927. The van der Waals surface area contributed by atoms with Crippen LogP contribution in [0.2, 0.25) is 0 Å². The molecular formula is C22H23N3O2. The molecule has 1 fully saturated rings. The summed E-state index contributed by atoms with van der Waals surface area (Å²) in [5.41, 5.74) is 3.55. The number of anilines is 1. The molecule has 2 aromatic rings. The molecule has 0 spiro atoms. The van der Waals surface area contributed by atoms with E-state index in [0.29, 0.717) is 23.8 Å². The van der Waals surface area contributed by atoms with Crippen molar-refractivity contribution >= 4 is 11.6 Å². The second-order valence-corrected chi connectivity index (χ2v) is 7.19. The number of carbonyl (C=O) groups is 1. The maximum Gasteiger partial charge on any atom is 0.224 e. The fourth-order valence-electron chi connectivity index (χ4n) is 3.82. The molecule has 0 saturated heterocycles.